The van der Waals surface area contributed by atoms with Gasteiger partial charge >= 0.3 is 18.2 Å². The second-order valence-corrected chi connectivity index (χ2v) is 18.2. The Morgan fingerprint density at radius 1 is 0.734 bits per heavy atom. The molecule has 7 rings (SSSR count). The summed E-state index contributed by atoms with van der Waals surface area (Å²) in [6.45, 7) is 7.34. The highest BCUT2D eigenvalue weighted by atomic mass is 32.2. The number of carbonyl (C=O) groups is 5. The van der Waals surface area contributed by atoms with Gasteiger partial charge in [-0.15, -0.1) is 22.7 Å². The number of hydrogen-bond donors (Lipinski definition) is 4. The Labute approximate surface area is 378 Å². The molecule has 3 aliphatic heterocycles. The first-order chi connectivity index (χ1) is 30.6. The minimum absolute atomic E-state index is 0.00298. The lowest BCUT2D eigenvalue weighted by Gasteiger charge is -2.35. The number of cyclic esters (lactones) is 2. The number of ether oxygens (including phenoxy) is 3. The topological polar surface area (TPSA) is 241 Å². The van der Waals surface area contributed by atoms with E-state index in [9.17, 15) is 32.4 Å². The van der Waals surface area contributed by atoms with Crippen molar-refractivity contribution in [2.24, 2.45) is 0 Å². The molecule has 0 aliphatic carbocycles. The van der Waals surface area contributed by atoms with Gasteiger partial charge in [-0.3, -0.25) is 44.1 Å². The average Bonchev–Trinajstić information content (AvgIpc) is 4.12. The van der Waals surface area contributed by atoms with Crippen molar-refractivity contribution in [3.8, 4) is 0 Å². The normalized spacial score (nSPS) is 17.8. The summed E-state index contributed by atoms with van der Waals surface area (Å²) in [6.07, 6.45) is -0.607. The zero-order valence-electron chi connectivity index (χ0n) is 35.0. The van der Waals surface area contributed by atoms with Crippen LogP contribution in [0.3, 0.4) is 0 Å². The minimum atomic E-state index is -3.62. The molecule has 0 saturated carbocycles. The second-order valence-electron chi connectivity index (χ2n) is 14.6. The number of benzene rings is 2. The molecule has 4 aromatic rings. The molecule has 2 unspecified atom stereocenters. The smallest absolute Gasteiger partial charge is 0.414 e. The summed E-state index contributed by atoms with van der Waals surface area (Å²) in [6, 6.07) is 20.3. The van der Waals surface area contributed by atoms with Crippen LogP contribution in [0.25, 0.3) is 0 Å². The van der Waals surface area contributed by atoms with Crippen LogP contribution in [0.1, 0.15) is 43.8 Å². The number of carbonyl (C=O) groups excluding carboxylic acids is 5. The molecule has 2 aromatic carbocycles. The van der Waals surface area contributed by atoms with Crippen LogP contribution < -0.4 is 20.4 Å². The van der Waals surface area contributed by atoms with E-state index in [-0.39, 0.29) is 54.8 Å². The highest BCUT2D eigenvalue weighted by molar-refractivity contribution is 7.86. The Kier molecular flexibility index (Phi) is 16.3. The Morgan fingerprint density at radius 2 is 1.20 bits per heavy atom. The van der Waals surface area contributed by atoms with Gasteiger partial charge in [-0.05, 0) is 78.3 Å². The van der Waals surface area contributed by atoms with Crippen LogP contribution in [0, 0.1) is 10.8 Å². The van der Waals surface area contributed by atoms with Crippen LogP contribution in [0.4, 0.5) is 21.0 Å². The molecule has 19 nitrogen and oxygen atoms in total. The molecule has 0 bridgehead atoms. The molecular formula is C42H48N8O11S3. The van der Waals surface area contributed by atoms with E-state index in [1.807, 2.05) is 12.3 Å². The predicted molar refractivity (Wildman–Crippen MR) is 240 cm³/mol. The highest BCUT2D eigenvalue weighted by Gasteiger charge is 2.35. The van der Waals surface area contributed by atoms with Crippen molar-refractivity contribution in [3.63, 3.8) is 0 Å². The van der Waals surface area contributed by atoms with Gasteiger partial charge < -0.3 is 29.7 Å². The zero-order valence-corrected chi connectivity index (χ0v) is 37.5. The molecule has 3 fully saturated rings. The number of piperazine rings is 1. The van der Waals surface area contributed by atoms with E-state index in [1.54, 1.807) is 83.1 Å². The zero-order chi connectivity index (χ0) is 45.8. The van der Waals surface area contributed by atoms with Crippen LogP contribution in [0.5, 0.6) is 0 Å². The first-order valence-electron chi connectivity index (χ1n) is 20.1. The van der Waals surface area contributed by atoms with Crippen molar-refractivity contribution in [3.05, 3.63) is 104 Å². The molecule has 2 atom stereocenters. The lowest BCUT2D eigenvalue weighted by atomic mass is 10.1. The molecule has 5 heterocycles. The number of hydrogen-bond acceptors (Lipinski definition) is 17. The second kappa shape index (κ2) is 22.0. The molecule has 0 spiro atoms. The Bertz CT molecular complexity index is 2390. The number of rotatable bonds is 15. The minimum Gasteiger partial charge on any atom is -0.466 e. The molecule has 3 aliphatic rings. The van der Waals surface area contributed by atoms with E-state index in [0.717, 1.165) is 32.4 Å². The number of amides is 4. The average molecular weight is 937 g/mol. The third-order valence-electron chi connectivity index (χ3n) is 9.98. The van der Waals surface area contributed by atoms with E-state index in [1.165, 1.54) is 27.6 Å². The molecular weight excluding hydrogens is 889 g/mol. The number of thiophene rings is 2. The third-order valence-corrected chi connectivity index (χ3v) is 12.3. The van der Waals surface area contributed by atoms with Crippen LogP contribution >= 0.6 is 22.7 Å². The van der Waals surface area contributed by atoms with Gasteiger partial charge in [0.1, 0.15) is 30.5 Å². The van der Waals surface area contributed by atoms with Gasteiger partial charge in [-0.2, -0.15) is 8.42 Å². The summed E-state index contributed by atoms with van der Waals surface area (Å²) in [7, 11) is -3.62. The fraction of sp³-hybridized carbons (Fsp3) is 0.357. The Morgan fingerprint density at radius 3 is 1.66 bits per heavy atom. The summed E-state index contributed by atoms with van der Waals surface area (Å²) >= 11 is 2.59. The van der Waals surface area contributed by atoms with Crippen molar-refractivity contribution in [2.45, 2.75) is 25.6 Å². The van der Waals surface area contributed by atoms with Crippen LogP contribution in [0.2, 0.25) is 0 Å². The van der Waals surface area contributed by atoms with E-state index in [2.05, 4.69) is 24.6 Å². The van der Waals surface area contributed by atoms with Gasteiger partial charge in [0.2, 0.25) is 0 Å². The lowest BCUT2D eigenvalue weighted by molar-refractivity contribution is -0.143. The monoisotopic (exact) mass is 936 g/mol. The largest absolute Gasteiger partial charge is 0.466 e. The summed E-state index contributed by atoms with van der Waals surface area (Å²) < 4.78 is 42.5. The van der Waals surface area contributed by atoms with Crippen LogP contribution in [0.15, 0.2) is 83.6 Å². The quantitative estimate of drug-likeness (QED) is 0.0430. The van der Waals surface area contributed by atoms with Crippen molar-refractivity contribution in [1.82, 2.24) is 20.4 Å². The molecule has 4 amide bonds. The van der Waals surface area contributed by atoms with Gasteiger partial charge in [0.25, 0.3) is 21.9 Å². The van der Waals surface area contributed by atoms with Gasteiger partial charge in [0.15, 0.2) is 0 Å². The van der Waals surface area contributed by atoms with Crippen LogP contribution in [-0.2, 0) is 33.3 Å². The fourth-order valence-electron chi connectivity index (χ4n) is 6.74. The fourth-order valence-corrected chi connectivity index (χ4v) is 8.38. The van der Waals surface area contributed by atoms with Gasteiger partial charge in [-0.25, -0.2) is 9.59 Å². The maximum atomic E-state index is 12.5. The number of nitrogens with one attached hydrogen (secondary N) is 4. The maximum Gasteiger partial charge on any atom is 0.414 e. The van der Waals surface area contributed by atoms with E-state index < -0.39 is 22.3 Å². The van der Waals surface area contributed by atoms with E-state index in [0.29, 0.717) is 64.9 Å². The molecule has 3 saturated heterocycles. The van der Waals surface area contributed by atoms with Gasteiger partial charge in [0, 0.05) is 61.8 Å². The van der Waals surface area contributed by atoms with Crippen molar-refractivity contribution in [2.75, 3.05) is 81.6 Å². The van der Waals surface area contributed by atoms with Crippen molar-refractivity contribution >= 4 is 85.8 Å². The molecule has 22 heteroatoms. The summed E-state index contributed by atoms with van der Waals surface area (Å²) in [4.78, 5) is 68.8. The standard InChI is InChI=1S/C25H31N5O5S.C17H17N3O6S2/c1-2-34-22(31)9-10-28-11-13-29(14-12-28)16-20-17-30(25(33)35-20)19-7-5-18(6-8-19)23(26)27-24(32)21-4-3-15-36-21;1-28(23,24)25-10-13-9-20(17(22)26-13)12-6-4-11(5-7-12)15(18)19-16(21)14-3-2-8-27-14/h3-8,15,20H,2,9-14,16-17H2,1H3,(H2,26,27,32);2-8,13H,9-10H2,1H3,(H2,18,19,21). The molecule has 0 radical (unpaired) electrons. The van der Waals surface area contributed by atoms with Crippen LogP contribution in [-0.4, -0.2) is 144 Å². The lowest BCUT2D eigenvalue weighted by Crippen LogP contribution is -2.49. The highest BCUT2D eigenvalue weighted by Crippen LogP contribution is 2.25. The predicted octanol–water partition coefficient (Wildman–Crippen LogP) is 4.20. The summed E-state index contributed by atoms with van der Waals surface area (Å²) in [5, 5.41) is 24.9. The first-order valence-corrected chi connectivity index (χ1v) is 23.7. The molecule has 340 valence electrons. The van der Waals surface area contributed by atoms with Crippen molar-refractivity contribution < 1.29 is 50.8 Å². The summed E-state index contributed by atoms with van der Waals surface area (Å²) in [5.74, 6) is -0.895. The Hall–Kier alpha value is -6.04. The SMILES string of the molecule is CCOC(=O)CCN1CCN(CC2CN(c3ccc(C(=N)NC(=O)c4cccs4)cc3)C(=O)O2)CC1.CS(=O)(=O)OCC1CN(c2ccc(C(=N)NC(=O)c3cccs3)cc2)C(=O)O1. The van der Waals surface area contributed by atoms with Gasteiger partial charge in [-0.1, -0.05) is 12.1 Å². The third kappa shape index (κ3) is 13.5. The number of anilines is 2. The summed E-state index contributed by atoms with van der Waals surface area (Å²) in [5.41, 5.74) is 2.23. The first kappa shape index (κ1) is 47.4. The number of nitrogens with zero attached hydrogens (tertiary/aromatic N) is 4. The molecule has 2 aromatic heterocycles. The Balaban J connectivity index is 0.000000219. The van der Waals surface area contributed by atoms with E-state index in [4.69, 9.17) is 25.0 Å². The molecule has 4 N–H and O–H groups in total. The molecule has 64 heavy (non-hydrogen) atoms. The number of esters is 1. The van der Waals surface area contributed by atoms with Gasteiger partial charge in [0.05, 0.1) is 42.1 Å². The van der Waals surface area contributed by atoms with E-state index >= 15 is 0 Å². The maximum absolute atomic E-state index is 12.5. The van der Waals surface area contributed by atoms with Crippen molar-refractivity contribution in [1.29, 1.82) is 10.8 Å². The number of amidine groups is 2.